The highest BCUT2D eigenvalue weighted by Gasteiger charge is 2.34. The molecule has 0 radical (unpaired) electrons. The number of carbonyl (C=O) groups excluding carboxylic acids is 2. The van der Waals surface area contributed by atoms with Crippen LogP contribution in [0.1, 0.15) is 30.4 Å². The third-order valence-electron chi connectivity index (χ3n) is 4.61. The Kier molecular flexibility index (Phi) is 5.24. The number of aromatic nitrogens is 4. The van der Waals surface area contributed by atoms with E-state index < -0.39 is 6.04 Å². The highest BCUT2D eigenvalue weighted by Crippen LogP contribution is 2.21. The van der Waals surface area contributed by atoms with Gasteiger partial charge < -0.3 is 20.5 Å². The van der Waals surface area contributed by atoms with Crippen LogP contribution < -0.4 is 10.6 Å². The van der Waals surface area contributed by atoms with Crippen molar-refractivity contribution in [3.63, 3.8) is 0 Å². The van der Waals surface area contributed by atoms with E-state index >= 15 is 0 Å². The molecule has 1 aliphatic rings. The molecule has 3 amide bonds. The summed E-state index contributed by atoms with van der Waals surface area (Å²) in [6.07, 6.45) is 4.59. The number of amides is 3. The average Bonchev–Trinajstić information content (AvgIpc) is 3.21. The van der Waals surface area contributed by atoms with E-state index in [1.165, 1.54) is 0 Å². The molecule has 1 aliphatic heterocycles. The molecule has 0 bridgehead atoms. The monoisotopic (exact) mass is 359 g/mol. The van der Waals surface area contributed by atoms with Crippen molar-refractivity contribution in [3.05, 3.63) is 29.6 Å². The first-order valence-electron chi connectivity index (χ1n) is 8.87. The van der Waals surface area contributed by atoms with E-state index in [1.807, 2.05) is 18.5 Å². The summed E-state index contributed by atoms with van der Waals surface area (Å²) in [6, 6.07) is -0.859. The maximum Gasteiger partial charge on any atom is 0.322 e. The summed E-state index contributed by atoms with van der Waals surface area (Å²) in [5.41, 5.74) is 3.22. The Balaban J connectivity index is 1.78. The summed E-state index contributed by atoms with van der Waals surface area (Å²) in [5, 5.41) is 10.3. The van der Waals surface area contributed by atoms with Gasteiger partial charge in [-0.2, -0.15) is 5.10 Å². The predicted molar refractivity (Wildman–Crippen MR) is 96.8 cm³/mol. The average molecular weight is 359 g/mol. The molecule has 0 spiro atoms. The zero-order valence-corrected chi connectivity index (χ0v) is 15.4. The number of H-pyrrole nitrogens is 1. The molecule has 3 rings (SSSR count). The lowest BCUT2D eigenvalue weighted by Gasteiger charge is -2.34. The van der Waals surface area contributed by atoms with Gasteiger partial charge in [-0.15, -0.1) is 0 Å². The van der Waals surface area contributed by atoms with Crippen molar-refractivity contribution in [2.24, 2.45) is 0 Å². The van der Waals surface area contributed by atoms with Gasteiger partial charge in [-0.1, -0.05) is 6.92 Å². The molecule has 140 valence electrons. The van der Waals surface area contributed by atoms with Crippen LogP contribution in [0.3, 0.4) is 0 Å². The van der Waals surface area contributed by atoms with Crippen LogP contribution in [-0.2, 0) is 17.8 Å². The first kappa shape index (κ1) is 18.0. The summed E-state index contributed by atoms with van der Waals surface area (Å²) in [7, 11) is 0. The second-order valence-corrected chi connectivity index (χ2v) is 6.48. The molecule has 0 aliphatic carbocycles. The maximum atomic E-state index is 12.9. The molecular formula is C17H25N7O2. The molecule has 1 saturated heterocycles. The van der Waals surface area contributed by atoms with Crippen LogP contribution in [-0.4, -0.2) is 55.7 Å². The van der Waals surface area contributed by atoms with Crippen LogP contribution in [0.5, 0.6) is 0 Å². The molecule has 2 aromatic rings. The summed E-state index contributed by atoms with van der Waals surface area (Å²) in [6.45, 7) is 7.60. The largest absolute Gasteiger partial charge is 0.353 e. The Hall–Kier alpha value is -2.84. The number of hydrogen-bond acceptors (Lipinski definition) is 4. The van der Waals surface area contributed by atoms with Crippen LogP contribution in [0, 0.1) is 13.8 Å². The molecule has 1 atom stereocenters. The van der Waals surface area contributed by atoms with Crippen molar-refractivity contribution >= 4 is 17.6 Å². The van der Waals surface area contributed by atoms with Crippen LogP contribution in [0.25, 0.3) is 0 Å². The van der Waals surface area contributed by atoms with Crippen LogP contribution in [0.4, 0.5) is 10.5 Å². The van der Waals surface area contributed by atoms with Gasteiger partial charge in [0.2, 0.25) is 5.91 Å². The van der Waals surface area contributed by atoms with Gasteiger partial charge >= 0.3 is 6.03 Å². The van der Waals surface area contributed by atoms with Gasteiger partial charge in [0.1, 0.15) is 6.04 Å². The van der Waals surface area contributed by atoms with Gasteiger partial charge in [0.05, 0.1) is 23.4 Å². The van der Waals surface area contributed by atoms with Gasteiger partial charge in [0, 0.05) is 37.9 Å². The highest BCUT2D eigenvalue weighted by atomic mass is 16.2. The summed E-state index contributed by atoms with van der Waals surface area (Å²) < 4.78 is 1.90. The van der Waals surface area contributed by atoms with Gasteiger partial charge in [-0.3, -0.25) is 9.48 Å². The van der Waals surface area contributed by atoms with Crippen LogP contribution >= 0.6 is 0 Å². The molecule has 26 heavy (non-hydrogen) atoms. The maximum absolute atomic E-state index is 12.9. The van der Waals surface area contributed by atoms with Crippen LogP contribution in [0.2, 0.25) is 0 Å². The molecule has 0 aromatic carbocycles. The van der Waals surface area contributed by atoms with E-state index in [0.717, 1.165) is 35.7 Å². The Morgan fingerprint density at radius 1 is 1.42 bits per heavy atom. The number of imidazole rings is 1. The molecule has 9 nitrogen and oxygen atoms in total. The number of nitrogens with zero attached hydrogens (tertiary/aromatic N) is 4. The number of carbonyl (C=O) groups is 2. The van der Waals surface area contributed by atoms with Gasteiger partial charge in [0.25, 0.3) is 0 Å². The van der Waals surface area contributed by atoms with Crippen molar-refractivity contribution in [1.82, 2.24) is 30.0 Å². The molecule has 0 unspecified atom stereocenters. The lowest BCUT2D eigenvalue weighted by molar-refractivity contribution is -0.127. The van der Waals surface area contributed by atoms with E-state index in [9.17, 15) is 9.59 Å². The minimum atomic E-state index is -0.574. The third kappa shape index (κ3) is 3.56. The first-order chi connectivity index (χ1) is 12.5. The number of piperazine rings is 1. The Morgan fingerprint density at radius 3 is 2.92 bits per heavy atom. The summed E-state index contributed by atoms with van der Waals surface area (Å²) in [4.78, 5) is 33.8. The van der Waals surface area contributed by atoms with E-state index in [-0.39, 0.29) is 11.9 Å². The minimum Gasteiger partial charge on any atom is -0.353 e. The van der Waals surface area contributed by atoms with E-state index in [4.69, 9.17) is 0 Å². The van der Waals surface area contributed by atoms with Crippen molar-refractivity contribution < 1.29 is 9.59 Å². The molecule has 9 heteroatoms. The smallest absolute Gasteiger partial charge is 0.322 e. The third-order valence-corrected chi connectivity index (χ3v) is 4.61. The van der Waals surface area contributed by atoms with Gasteiger partial charge in [-0.25, -0.2) is 9.78 Å². The minimum absolute atomic E-state index is 0.156. The number of hydrogen-bond donors (Lipinski definition) is 3. The number of anilines is 1. The Bertz CT molecular complexity index is 781. The SMILES string of the molecule is CCCn1nc(C)c(NC(=O)N2CCNC(=O)[C@H]2Cc2cnc[nH]2)c1C. The highest BCUT2D eigenvalue weighted by molar-refractivity contribution is 5.95. The fraction of sp³-hybridized carbons (Fsp3) is 0.529. The van der Waals surface area contributed by atoms with E-state index in [1.54, 1.807) is 17.4 Å². The zero-order valence-electron chi connectivity index (χ0n) is 15.4. The molecule has 3 N–H and O–H groups in total. The number of aromatic amines is 1. The van der Waals surface area contributed by atoms with Crippen molar-refractivity contribution in [3.8, 4) is 0 Å². The fourth-order valence-electron chi connectivity index (χ4n) is 3.25. The van der Waals surface area contributed by atoms with Gasteiger partial charge in [-0.05, 0) is 20.3 Å². The normalized spacial score (nSPS) is 17.3. The Morgan fingerprint density at radius 2 is 2.23 bits per heavy atom. The number of aryl methyl sites for hydroxylation is 2. The lowest BCUT2D eigenvalue weighted by atomic mass is 10.1. The van der Waals surface area contributed by atoms with Crippen LogP contribution in [0.15, 0.2) is 12.5 Å². The molecule has 3 heterocycles. The summed E-state index contributed by atoms with van der Waals surface area (Å²) >= 11 is 0. The van der Waals surface area contributed by atoms with Crippen molar-refractivity contribution in [2.45, 2.75) is 46.2 Å². The number of urea groups is 1. The quantitative estimate of drug-likeness (QED) is 0.745. The fourth-order valence-corrected chi connectivity index (χ4v) is 3.25. The van der Waals surface area contributed by atoms with Crippen molar-refractivity contribution in [2.75, 3.05) is 18.4 Å². The second-order valence-electron chi connectivity index (χ2n) is 6.48. The second kappa shape index (κ2) is 7.59. The standard InChI is InChI=1S/C17H25N7O2/c1-4-6-24-12(3)15(11(2)22-24)21-17(26)23-7-5-19-16(25)14(23)8-13-9-18-10-20-13/h9-10,14H,4-8H2,1-3H3,(H,18,20)(H,19,25)(H,21,26)/t14-/m1/s1. The lowest BCUT2D eigenvalue weighted by Crippen LogP contribution is -2.59. The topological polar surface area (TPSA) is 108 Å². The summed E-state index contributed by atoms with van der Waals surface area (Å²) in [5.74, 6) is -0.156. The molecule has 0 saturated carbocycles. The zero-order chi connectivity index (χ0) is 18.7. The van der Waals surface area contributed by atoms with Gasteiger partial charge in [0.15, 0.2) is 0 Å². The van der Waals surface area contributed by atoms with Crippen molar-refractivity contribution in [1.29, 1.82) is 0 Å². The molecule has 2 aromatic heterocycles. The Labute approximate surface area is 152 Å². The molecule has 1 fully saturated rings. The van der Waals surface area contributed by atoms with E-state index in [2.05, 4.69) is 32.6 Å². The number of rotatable bonds is 5. The molecular weight excluding hydrogens is 334 g/mol. The first-order valence-corrected chi connectivity index (χ1v) is 8.87. The number of nitrogens with one attached hydrogen (secondary N) is 3. The predicted octanol–water partition coefficient (Wildman–Crippen LogP) is 1.21. The van der Waals surface area contributed by atoms with E-state index in [0.29, 0.717) is 19.5 Å².